The quantitative estimate of drug-likeness (QED) is 0.717. The molecule has 0 aliphatic carbocycles. The van der Waals surface area contributed by atoms with Crippen LogP contribution in [0.3, 0.4) is 0 Å². The van der Waals surface area contributed by atoms with Gasteiger partial charge in [0, 0.05) is 6.07 Å². The largest absolute Gasteiger partial charge is 0.478 e. The van der Waals surface area contributed by atoms with Crippen LogP contribution in [-0.2, 0) is 13.0 Å². The predicted octanol–water partition coefficient (Wildman–Crippen LogP) is 4.15. The van der Waals surface area contributed by atoms with Crippen LogP contribution in [0, 0.1) is 18.6 Å². The Kier molecular flexibility index (Phi) is 4.88. The van der Waals surface area contributed by atoms with Crippen molar-refractivity contribution in [1.82, 2.24) is 9.61 Å². The number of nitrogens with zero attached hydrogens (tertiary/aromatic N) is 2. The summed E-state index contributed by atoms with van der Waals surface area (Å²) in [4.78, 5) is 11.7. The normalized spacial score (nSPS) is 11.1. The van der Waals surface area contributed by atoms with Gasteiger partial charge in [-0.1, -0.05) is 19.4 Å². The maximum Gasteiger partial charge on any atom is 0.339 e. The molecule has 2 heterocycles. The number of carboxylic acid groups (broad SMARTS) is 1. The summed E-state index contributed by atoms with van der Waals surface area (Å²) in [7, 11) is 0. The fourth-order valence-electron chi connectivity index (χ4n) is 2.86. The minimum Gasteiger partial charge on any atom is -0.478 e. The van der Waals surface area contributed by atoms with Crippen LogP contribution < -0.4 is 4.74 Å². The van der Waals surface area contributed by atoms with Gasteiger partial charge in [0.2, 0.25) is 5.88 Å². The van der Waals surface area contributed by atoms with Gasteiger partial charge in [-0.05, 0) is 37.1 Å². The van der Waals surface area contributed by atoms with Gasteiger partial charge in [0.05, 0.1) is 16.8 Å². The molecule has 136 valence electrons. The fourth-order valence-corrected chi connectivity index (χ4v) is 2.86. The Labute approximate surface area is 148 Å². The molecule has 0 saturated heterocycles. The molecule has 1 N–H and O–H groups in total. The summed E-state index contributed by atoms with van der Waals surface area (Å²) in [6, 6.07) is 6.95. The van der Waals surface area contributed by atoms with Gasteiger partial charge in [-0.25, -0.2) is 13.6 Å². The highest BCUT2D eigenvalue weighted by molar-refractivity contribution is 5.97. The second-order valence-electron chi connectivity index (χ2n) is 6.03. The lowest BCUT2D eigenvalue weighted by molar-refractivity contribution is 0.0698. The van der Waals surface area contributed by atoms with Gasteiger partial charge in [0.1, 0.15) is 23.8 Å². The van der Waals surface area contributed by atoms with Crippen LogP contribution in [0.25, 0.3) is 5.52 Å². The minimum atomic E-state index is -1.07. The number of rotatable bonds is 6. The van der Waals surface area contributed by atoms with Crippen molar-refractivity contribution in [3.8, 4) is 5.88 Å². The van der Waals surface area contributed by atoms with E-state index >= 15 is 0 Å². The van der Waals surface area contributed by atoms with Crippen molar-refractivity contribution in [2.24, 2.45) is 0 Å². The SMILES string of the molecule is CCCc1nn2c(OCc3c(F)cccc3F)cc(C)cc2c1C(=O)O. The highest BCUT2D eigenvalue weighted by atomic mass is 19.1. The first-order valence-corrected chi connectivity index (χ1v) is 8.23. The molecule has 0 aliphatic rings. The molecule has 3 rings (SSSR count). The summed E-state index contributed by atoms with van der Waals surface area (Å²) in [5.74, 6) is -2.24. The van der Waals surface area contributed by atoms with E-state index in [1.807, 2.05) is 6.92 Å². The molecule has 0 saturated carbocycles. The van der Waals surface area contributed by atoms with Crippen molar-refractivity contribution in [2.75, 3.05) is 0 Å². The molecule has 2 aromatic heterocycles. The summed E-state index contributed by atoms with van der Waals surface area (Å²) in [6.45, 7) is 3.39. The molecule has 0 atom stereocenters. The van der Waals surface area contributed by atoms with Crippen LogP contribution in [0.15, 0.2) is 30.3 Å². The molecule has 1 aromatic carbocycles. The van der Waals surface area contributed by atoms with Crippen molar-refractivity contribution < 1.29 is 23.4 Å². The number of aromatic carboxylic acids is 1. The first-order chi connectivity index (χ1) is 12.4. The van der Waals surface area contributed by atoms with Crippen LogP contribution in [0.5, 0.6) is 5.88 Å². The molecule has 7 heteroatoms. The average molecular weight is 360 g/mol. The first kappa shape index (κ1) is 17.8. The molecule has 0 spiro atoms. The van der Waals surface area contributed by atoms with E-state index in [0.717, 1.165) is 24.1 Å². The average Bonchev–Trinajstić information content (AvgIpc) is 2.92. The number of ether oxygens (including phenoxy) is 1. The lowest BCUT2D eigenvalue weighted by Crippen LogP contribution is -2.06. The van der Waals surface area contributed by atoms with Crippen molar-refractivity contribution in [1.29, 1.82) is 0 Å². The highest BCUT2D eigenvalue weighted by Gasteiger charge is 2.21. The van der Waals surface area contributed by atoms with Gasteiger partial charge >= 0.3 is 5.97 Å². The zero-order valence-corrected chi connectivity index (χ0v) is 14.4. The number of hydrogen-bond donors (Lipinski definition) is 1. The summed E-state index contributed by atoms with van der Waals surface area (Å²) >= 11 is 0. The second kappa shape index (κ2) is 7.11. The number of halogens is 2. The zero-order chi connectivity index (χ0) is 18.8. The number of hydrogen-bond acceptors (Lipinski definition) is 3. The zero-order valence-electron chi connectivity index (χ0n) is 14.4. The van der Waals surface area contributed by atoms with Crippen LogP contribution >= 0.6 is 0 Å². The third kappa shape index (κ3) is 3.24. The standard InChI is InChI=1S/C19H18F2N2O3/c1-3-5-15-18(19(24)25)16-8-11(2)9-17(23(16)22-15)26-10-12-13(20)6-4-7-14(12)21/h4,6-9H,3,5,10H2,1-2H3,(H,24,25). The van der Waals surface area contributed by atoms with Crippen LogP contribution in [0.1, 0.15) is 40.5 Å². The molecule has 26 heavy (non-hydrogen) atoms. The molecule has 0 fully saturated rings. The molecule has 0 unspecified atom stereocenters. The van der Waals surface area contributed by atoms with Crippen molar-refractivity contribution in [3.05, 3.63) is 64.4 Å². The second-order valence-corrected chi connectivity index (χ2v) is 6.03. The number of benzene rings is 1. The van der Waals surface area contributed by atoms with Gasteiger partial charge in [-0.3, -0.25) is 0 Å². The maximum atomic E-state index is 13.8. The Hall–Kier alpha value is -2.96. The molecule has 0 radical (unpaired) electrons. The smallest absolute Gasteiger partial charge is 0.339 e. The van der Waals surface area contributed by atoms with Crippen LogP contribution in [-0.4, -0.2) is 20.7 Å². The number of fused-ring (bicyclic) bond motifs is 1. The molecule has 3 aromatic rings. The summed E-state index contributed by atoms with van der Waals surface area (Å²) in [5, 5.41) is 13.9. The number of pyridine rings is 1. The summed E-state index contributed by atoms with van der Waals surface area (Å²) in [5.41, 5.74) is 1.53. The Morgan fingerprint density at radius 3 is 2.58 bits per heavy atom. The van der Waals surface area contributed by atoms with E-state index in [-0.39, 0.29) is 23.6 Å². The van der Waals surface area contributed by atoms with E-state index in [0.29, 0.717) is 17.6 Å². The van der Waals surface area contributed by atoms with Gasteiger partial charge < -0.3 is 9.84 Å². The number of aromatic nitrogens is 2. The summed E-state index contributed by atoms with van der Waals surface area (Å²) < 4.78 is 34.6. The maximum absolute atomic E-state index is 13.8. The molecule has 0 bridgehead atoms. The first-order valence-electron chi connectivity index (χ1n) is 8.23. The van der Waals surface area contributed by atoms with E-state index in [9.17, 15) is 18.7 Å². The van der Waals surface area contributed by atoms with E-state index in [4.69, 9.17) is 4.74 Å². The number of carboxylic acids is 1. The molecular formula is C19H18F2N2O3. The van der Waals surface area contributed by atoms with E-state index in [1.54, 1.807) is 19.1 Å². The lowest BCUT2D eigenvalue weighted by atomic mass is 10.1. The van der Waals surface area contributed by atoms with E-state index in [1.165, 1.54) is 10.6 Å². The Morgan fingerprint density at radius 2 is 1.96 bits per heavy atom. The fraction of sp³-hybridized carbons (Fsp3) is 0.263. The Balaban J connectivity index is 2.06. The van der Waals surface area contributed by atoms with E-state index < -0.39 is 17.6 Å². The predicted molar refractivity (Wildman–Crippen MR) is 91.6 cm³/mol. The number of carbonyl (C=O) groups is 1. The topological polar surface area (TPSA) is 63.8 Å². The molecule has 5 nitrogen and oxygen atoms in total. The van der Waals surface area contributed by atoms with E-state index in [2.05, 4.69) is 5.10 Å². The Bertz CT molecular complexity index is 962. The summed E-state index contributed by atoms with van der Waals surface area (Å²) in [6.07, 6.45) is 1.24. The molecule has 0 amide bonds. The molecule has 0 aliphatic heterocycles. The third-order valence-corrected chi connectivity index (χ3v) is 4.04. The highest BCUT2D eigenvalue weighted by Crippen LogP contribution is 2.25. The lowest BCUT2D eigenvalue weighted by Gasteiger charge is -2.10. The van der Waals surface area contributed by atoms with Gasteiger partial charge in [0.15, 0.2) is 0 Å². The monoisotopic (exact) mass is 360 g/mol. The number of aryl methyl sites for hydroxylation is 2. The third-order valence-electron chi connectivity index (χ3n) is 4.04. The van der Waals surface area contributed by atoms with Gasteiger partial charge in [0.25, 0.3) is 0 Å². The Morgan fingerprint density at radius 1 is 1.27 bits per heavy atom. The van der Waals surface area contributed by atoms with Crippen molar-refractivity contribution >= 4 is 11.5 Å². The van der Waals surface area contributed by atoms with Gasteiger partial charge in [-0.2, -0.15) is 9.61 Å². The molecular weight excluding hydrogens is 342 g/mol. The minimum absolute atomic E-state index is 0.123. The van der Waals surface area contributed by atoms with Crippen molar-refractivity contribution in [2.45, 2.75) is 33.3 Å². The van der Waals surface area contributed by atoms with Gasteiger partial charge in [-0.15, -0.1) is 0 Å². The van der Waals surface area contributed by atoms with Crippen molar-refractivity contribution in [3.63, 3.8) is 0 Å². The van der Waals surface area contributed by atoms with Crippen LogP contribution in [0.2, 0.25) is 0 Å². The van der Waals surface area contributed by atoms with Crippen LogP contribution in [0.4, 0.5) is 8.78 Å².